The monoisotopic (exact) mass is 352 g/mol. The maximum atomic E-state index is 13.3. The lowest BCUT2D eigenvalue weighted by molar-refractivity contribution is -0.185. The van der Waals surface area contributed by atoms with Crippen LogP contribution in [0.1, 0.15) is 91.9 Å². The van der Waals surface area contributed by atoms with Crippen molar-refractivity contribution in [2.45, 2.75) is 97.5 Å². The highest BCUT2D eigenvalue weighted by Crippen LogP contribution is 2.50. The van der Waals surface area contributed by atoms with Crippen LogP contribution in [0.15, 0.2) is 0 Å². The number of aliphatic carboxylic acids is 1. The van der Waals surface area contributed by atoms with Gasteiger partial charge in [-0.25, -0.2) is 0 Å². The highest BCUT2D eigenvalue weighted by molar-refractivity contribution is 5.85. The summed E-state index contributed by atoms with van der Waals surface area (Å²) in [6.45, 7) is 7.48. The molecule has 0 bridgehead atoms. The summed E-state index contributed by atoms with van der Waals surface area (Å²) in [5.41, 5.74) is -1.52. The topological polar surface area (TPSA) is 63.6 Å². The van der Waals surface area contributed by atoms with Gasteiger partial charge in [0.2, 0.25) is 0 Å². The zero-order valence-corrected chi connectivity index (χ0v) is 16.5. The van der Waals surface area contributed by atoms with Gasteiger partial charge in [-0.15, -0.1) is 0 Å². The first-order chi connectivity index (χ1) is 11.7. The third-order valence-electron chi connectivity index (χ3n) is 6.33. The van der Waals surface area contributed by atoms with E-state index in [-0.39, 0.29) is 17.8 Å². The molecule has 2 saturated carbocycles. The maximum absolute atomic E-state index is 13.3. The minimum absolute atomic E-state index is 0.0886. The predicted octanol–water partition coefficient (Wildman–Crippen LogP) is 5.20. The fourth-order valence-electron chi connectivity index (χ4n) is 5.05. The summed E-state index contributed by atoms with van der Waals surface area (Å²) >= 11 is 0. The zero-order chi connectivity index (χ0) is 18.7. The Morgan fingerprint density at radius 3 is 1.80 bits per heavy atom. The van der Waals surface area contributed by atoms with Crippen LogP contribution in [0, 0.1) is 23.2 Å². The van der Waals surface area contributed by atoms with Gasteiger partial charge in [-0.05, 0) is 65.2 Å². The van der Waals surface area contributed by atoms with Crippen LogP contribution >= 0.6 is 0 Å². The second kappa shape index (κ2) is 8.09. The number of hydrogen-bond donors (Lipinski definition) is 1. The van der Waals surface area contributed by atoms with Crippen LogP contribution in [0.3, 0.4) is 0 Å². The molecule has 2 aliphatic carbocycles. The van der Waals surface area contributed by atoms with Gasteiger partial charge in [0.15, 0.2) is 0 Å². The molecule has 0 amide bonds. The molecule has 0 spiro atoms. The van der Waals surface area contributed by atoms with Crippen molar-refractivity contribution >= 4 is 11.9 Å². The van der Waals surface area contributed by atoms with Gasteiger partial charge in [-0.2, -0.15) is 0 Å². The second-order valence-corrected chi connectivity index (χ2v) is 9.33. The summed E-state index contributed by atoms with van der Waals surface area (Å²) in [7, 11) is 0. The van der Waals surface area contributed by atoms with Crippen LogP contribution in [0.2, 0.25) is 0 Å². The van der Waals surface area contributed by atoms with E-state index in [1.165, 1.54) is 12.8 Å². The lowest BCUT2D eigenvalue weighted by atomic mass is 9.58. The van der Waals surface area contributed by atoms with Crippen LogP contribution in [0.4, 0.5) is 0 Å². The molecule has 0 heterocycles. The van der Waals surface area contributed by atoms with E-state index in [0.29, 0.717) is 0 Å². The molecule has 2 rings (SSSR count). The zero-order valence-electron chi connectivity index (χ0n) is 16.5. The Bertz CT molecular complexity index is 467. The van der Waals surface area contributed by atoms with Crippen LogP contribution in [-0.2, 0) is 14.3 Å². The Morgan fingerprint density at radius 1 is 0.880 bits per heavy atom. The summed E-state index contributed by atoms with van der Waals surface area (Å²) < 4.78 is 5.78. The second-order valence-electron chi connectivity index (χ2n) is 9.33. The van der Waals surface area contributed by atoms with Gasteiger partial charge in [-0.3, -0.25) is 9.59 Å². The third kappa shape index (κ3) is 4.77. The lowest BCUT2D eigenvalue weighted by Crippen LogP contribution is -2.52. The number of carboxylic acid groups (broad SMARTS) is 1. The highest BCUT2D eigenvalue weighted by Gasteiger charge is 2.55. The molecular formula is C21H36O4. The Hall–Kier alpha value is -1.06. The summed E-state index contributed by atoms with van der Waals surface area (Å²) in [5.74, 6) is -1.55. The SMILES string of the molecule is CC(C)(C)OC(=O)[C@](C)(C1CCCCC1)[C@@H](C(=O)O)C1CCCCC1. The Morgan fingerprint density at radius 2 is 1.36 bits per heavy atom. The first kappa shape index (κ1) is 20.3. The van der Waals surface area contributed by atoms with Crippen LogP contribution in [-0.4, -0.2) is 22.6 Å². The van der Waals surface area contributed by atoms with Crippen LogP contribution in [0.5, 0.6) is 0 Å². The van der Waals surface area contributed by atoms with Crippen LogP contribution < -0.4 is 0 Å². The molecule has 2 atom stereocenters. The smallest absolute Gasteiger partial charge is 0.313 e. The van der Waals surface area contributed by atoms with E-state index in [2.05, 4.69) is 0 Å². The number of rotatable bonds is 5. The van der Waals surface area contributed by atoms with Crippen molar-refractivity contribution < 1.29 is 19.4 Å². The van der Waals surface area contributed by atoms with Crippen molar-refractivity contribution in [2.24, 2.45) is 23.2 Å². The summed E-state index contributed by atoms with van der Waals surface area (Å²) in [5, 5.41) is 10.1. The minimum Gasteiger partial charge on any atom is -0.481 e. The molecule has 25 heavy (non-hydrogen) atoms. The molecular weight excluding hydrogens is 316 g/mol. The van der Waals surface area contributed by atoms with Crippen molar-refractivity contribution in [3.63, 3.8) is 0 Å². The van der Waals surface area contributed by atoms with Gasteiger partial charge >= 0.3 is 11.9 Å². The van der Waals surface area contributed by atoms with E-state index in [9.17, 15) is 14.7 Å². The van der Waals surface area contributed by atoms with E-state index in [4.69, 9.17) is 4.74 Å². The van der Waals surface area contributed by atoms with Gasteiger partial charge in [-0.1, -0.05) is 38.5 Å². The molecule has 0 aliphatic heterocycles. The van der Waals surface area contributed by atoms with Gasteiger partial charge in [0, 0.05) is 0 Å². The number of carbonyl (C=O) groups is 2. The van der Waals surface area contributed by atoms with Gasteiger partial charge in [0.1, 0.15) is 5.60 Å². The number of carboxylic acids is 1. The van der Waals surface area contributed by atoms with Gasteiger partial charge in [0.05, 0.1) is 11.3 Å². The van der Waals surface area contributed by atoms with Crippen molar-refractivity contribution in [1.82, 2.24) is 0 Å². The minimum atomic E-state index is -0.929. The average Bonchev–Trinajstić information content (AvgIpc) is 2.54. The summed E-state index contributed by atoms with van der Waals surface area (Å²) in [4.78, 5) is 25.6. The van der Waals surface area contributed by atoms with Crippen LogP contribution in [0.25, 0.3) is 0 Å². The van der Waals surface area contributed by atoms with Crippen molar-refractivity contribution in [1.29, 1.82) is 0 Å². The quantitative estimate of drug-likeness (QED) is 0.691. The largest absolute Gasteiger partial charge is 0.481 e. The molecule has 0 unspecified atom stereocenters. The number of esters is 1. The van der Waals surface area contributed by atoms with E-state index in [1.807, 2.05) is 27.7 Å². The van der Waals surface area contributed by atoms with E-state index in [1.54, 1.807) is 0 Å². The Labute approximate surface area is 152 Å². The molecule has 2 fully saturated rings. The van der Waals surface area contributed by atoms with Crippen molar-refractivity contribution in [2.75, 3.05) is 0 Å². The van der Waals surface area contributed by atoms with E-state index in [0.717, 1.165) is 51.4 Å². The predicted molar refractivity (Wildman–Crippen MR) is 98.2 cm³/mol. The lowest BCUT2D eigenvalue weighted by Gasteiger charge is -2.46. The molecule has 4 heteroatoms. The van der Waals surface area contributed by atoms with E-state index >= 15 is 0 Å². The molecule has 0 aromatic heterocycles. The molecule has 0 radical (unpaired) electrons. The molecule has 0 aromatic rings. The molecule has 0 aromatic carbocycles. The van der Waals surface area contributed by atoms with Crippen molar-refractivity contribution in [3.8, 4) is 0 Å². The summed E-state index contributed by atoms with van der Waals surface area (Å²) in [6, 6.07) is 0. The third-order valence-corrected chi connectivity index (χ3v) is 6.33. The Balaban J connectivity index is 2.39. The first-order valence-corrected chi connectivity index (χ1v) is 10.1. The molecule has 2 aliphatic rings. The van der Waals surface area contributed by atoms with E-state index < -0.39 is 22.9 Å². The van der Waals surface area contributed by atoms with Crippen molar-refractivity contribution in [3.05, 3.63) is 0 Å². The van der Waals surface area contributed by atoms with Gasteiger partial charge < -0.3 is 9.84 Å². The molecule has 144 valence electrons. The number of ether oxygens (including phenoxy) is 1. The first-order valence-electron chi connectivity index (χ1n) is 10.1. The summed E-state index contributed by atoms with van der Waals surface area (Å²) in [6.07, 6.45) is 10.4. The normalized spacial score (nSPS) is 24.3. The number of hydrogen-bond acceptors (Lipinski definition) is 3. The standard InChI is InChI=1S/C21H36O4/c1-20(2,3)25-19(24)21(4,16-13-9-6-10-14-16)17(18(22)23)15-11-7-5-8-12-15/h15-17H,5-14H2,1-4H3,(H,22,23)/t17-,21-/m1/s1. The van der Waals surface area contributed by atoms with Gasteiger partial charge in [0.25, 0.3) is 0 Å². The number of carbonyl (C=O) groups excluding carboxylic acids is 1. The Kier molecular flexibility index (Phi) is 6.56. The molecule has 1 N–H and O–H groups in total. The highest BCUT2D eigenvalue weighted by atomic mass is 16.6. The fourth-order valence-corrected chi connectivity index (χ4v) is 5.05. The maximum Gasteiger partial charge on any atom is 0.313 e. The fraction of sp³-hybridized carbons (Fsp3) is 0.905. The molecule has 0 saturated heterocycles. The average molecular weight is 353 g/mol. The molecule has 4 nitrogen and oxygen atoms in total.